The minimum atomic E-state index is -3.32. The van der Waals surface area contributed by atoms with Gasteiger partial charge in [-0.15, -0.1) is 0 Å². The van der Waals surface area contributed by atoms with Gasteiger partial charge in [0.25, 0.3) is 0 Å². The molecule has 1 heterocycles. The van der Waals surface area contributed by atoms with Crippen molar-refractivity contribution in [2.75, 3.05) is 13.2 Å². The molecule has 94 valence electrons. The largest absolute Gasteiger partial charge is 0.464 e. The van der Waals surface area contributed by atoms with Crippen molar-refractivity contribution in [2.24, 2.45) is 0 Å². The highest BCUT2D eigenvalue weighted by molar-refractivity contribution is 5.74. The van der Waals surface area contributed by atoms with Crippen LogP contribution in [0.5, 0.6) is 0 Å². The first-order chi connectivity index (χ1) is 7.47. The summed E-state index contributed by atoms with van der Waals surface area (Å²) in [4.78, 5) is 11.2. The van der Waals surface area contributed by atoms with Crippen molar-refractivity contribution in [3.8, 4) is 0 Å². The van der Waals surface area contributed by atoms with Crippen LogP contribution in [0.4, 0.5) is 8.78 Å². The van der Waals surface area contributed by atoms with E-state index in [4.69, 9.17) is 4.74 Å². The molecule has 1 fully saturated rings. The van der Waals surface area contributed by atoms with Crippen LogP contribution in [0.2, 0.25) is 0 Å². The van der Waals surface area contributed by atoms with Gasteiger partial charge in [0.2, 0.25) is 0 Å². The van der Waals surface area contributed by atoms with E-state index in [1.807, 2.05) is 0 Å². The van der Waals surface area contributed by atoms with E-state index in [1.54, 1.807) is 6.92 Å². The summed E-state index contributed by atoms with van der Waals surface area (Å²) >= 11 is 0. The average molecular weight is 238 g/mol. The summed E-state index contributed by atoms with van der Waals surface area (Å²) in [6.07, 6.45) is -5.02. The molecule has 0 aliphatic carbocycles. The van der Waals surface area contributed by atoms with Crippen molar-refractivity contribution in [3.63, 3.8) is 0 Å². The number of carbonyl (C=O) groups excluding carboxylic acids is 1. The molecule has 1 rings (SSSR count). The Labute approximate surface area is 92.9 Å². The summed E-state index contributed by atoms with van der Waals surface area (Å²) in [5, 5.41) is 0. The van der Waals surface area contributed by atoms with Crippen molar-refractivity contribution in [1.29, 1.82) is 0 Å². The summed E-state index contributed by atoms with van der Waals surface area (Å²) in [7, 11) is 0. The molecule has 0 spiro atoms. The second-order valence-electron chi connectivity index (χ2n) is 3.57. The molecule has 0 N–H and O–H groups in total. The van der Waals surface area contributed by atoms with Crippen molar-refractivity contribution < 1.29 is 27.8 Å². The number of esters is 1. The molecular weight excluding hydrogens is 222 g/mol. The molecule has 6 heteroatoms. The van der Waals surface area contributed by atoms with Crippen LogP contribution in [-0.4, -0.2) is 37.5 Å². The SMILES string of the molecule is CCOC(=O)C(C)OC1CCCOC1(F)F. The van der Waals surface area contributed by atoms with Crippen LogP contribution >= 0.6 is 0 Å². The average Bonchev–Trinajstić information content (AvgIpc) is 2.21. The zero-order valence-electron chi connectivity index (χ0n) is 9.37. The molecule has 0 aromatic rings. The molecule has 0 aromatic carbocycles. The zero-order valence-corrected chi connectivity index (χ0v) is 9.37. The lowest BCUT2D eigenvalue weighted by Gasteiger charge is -2.32. The number of rotatable bonds is 4. The molecular formula is C10H16F2O4. The van der Waals surface area contributed by atoms with Crippen molar-refractivity contribution in [1.82, 2.24) is 0 Å². The Morgan fingerprint density at radius 3 is 2.88 bits per heavy atom. The van der Waals surface area contributed by atoms with Gasteiger partial charge in [0.1, 0.15) is 6.10 Å². The van der Waals surface area contributed by atoms with Gasteiger partial charge in [-0.1, -0.05) is 0 Å². The van der Waals surface area contributed by atoms with Crippen LogP contribution in [0.25, 0.3) is 0 Å². The minimum Gasteiger partial charge on any atom is -0.464 e. The molecule has 0 radical (unpaired) electrons. The summed E-state index contributed by atoms with van der Waals surface area (Å²) < 4.78 is 40.3. The highest BCUT2D eigenvalue weighted by Gasteiger charge is 2.45. The van der Waals surface area contributed by atoms with Crippen LogP contribution in [0.1, 0.15) is 26.7 Å². The van der Waals surface area contributed by atoms with E-state index in [-0.39, 0.29) is 19.6 Å². The maximum atomic E-state index is 13.2. The number of hydrogen-bond donors (Lipinski definition) is 0. The van der Waals surface area contributed by atoms with E-state index < -0.39 is 24.3 Å². The summed E-state index contributed by atoms with van der Waals surface area (Å²) in [5.41, 5.74) is 0. The van der Waals surface area contributed by atoms with Gasteiger partial charge < -0.3 is 14.2 Å². The van der Waals surface area contributed by atoms with Gasteiger partial charge in [-0.05, 0) is 26.7 Å². The fourth-order valence-corrected chi connectivity index (χ4v) is 1.45. The van der Waals surface area contributed by atoms with Gasteiger partial charge in [-0.25, -0.2) is 4.79 Å². The van der Waals surface area contributed by atoms with Gasteiger partial charge in [-0.2, -0.15) is 8.78 Å². The number of ether oxygens (including phenoxy) is 3. The number of hydrogen-bond acceptors (Lipinski definition) is 4. The molecule has 4 nitrogen and oxygen atoms in total. The summed E-state index contributed by atoms with van der Waals surface area (Å²) in [6, 6.07) is 0. The first-order valence-electron chi connectivity index (χ1n) is 5.31. The Balaban J connectivity index is 2.48. The second-order valence-corrected chi connectivity index (χ2v) is 3.57. The van der Waals surface area contributed by atoms with Crippen molar-refractivity contribution >= 4 is 5.97 Å². The molecule has 1 aliphatic rings. The molecule has 16 heavy (non-hydrogen) atoms. The van der Waals surface area contributed by atoms with E-state index in [2.05, 4.69) is 9.47 Å². The predicted molar refractivity (Wildman–Crippen MR) is 51.1 cm³/mol. The van der Waals surface area contributed by atoms with Crippen LogP contribution < -0.4 is 0 Å². The van der Waals surface area contributed by atoms with Gasteiger partial charge in [0.15, 0.2) is 6.10 Å². The first-order valence-corrected chi connectivity index (χ1v) is 5.31. The standard InChI is InChI=1S/C10H16F2O4/c1-3-14-9(13)7(2)16-8-5-4-6-15-10(8,11)12/h7-8H,3-6H2,1-2H3. The maximum absolute atomic E-state index is 13.2. The lowest BCUT2D eigenvalue weighted by Crippen LogP contribution is -2.45. The van der Waals surface area contributed by atoms with E-state index in [0.717, 1.165) is 0 Å². The Morgan fingerprint density at radius 1 is 1.62 bits per heavy atom. The van der Waals surface area contributed by atoms with Gasteiger partial charge >= 0.3 is 12.1 Å². The van der Waals surface area contributed by atoms with E-state index in [0.29, 0.717) is 6.42 Å². The lowest BCUT2D eigenvalue weighted by atomic mass is 10.1. The maximum Gasteiger partial charge on any atom is 0.381 e. The first kappa shape index (κ1) is 13.3. The van der Waals surface area contributed by atoms with Gasteiger partial charge in [-0.3, -0.25) is 0 Å². The fourth-order valence-electron chi connectivity index (χ4n) is 1.45. The number of alkyl halides is 2. The minimum absolute atomic E-state index is 0.0145. The molecule has 2 unspecified atom stereocenters. The van der Waals surface area contributed by atoms with E-state index >= 15 is 0 Å². The Hall–Kier alpha value is -0.750. The summed E-state index contributed by atoms with van der Waals surface area (Å²) in [6.45, 7) is 3.25. The van der Waals surface area contributed by atoms with Crippen LogP contribution in [0.15, 0.2) is 0 Å². The lowest BCUT2D eigenvalue weighted by molar-refractivity contribution is -0.320. The van der Waals surface area contributed by atoms with Crippen molar-refractivity contribution in [2.45, 2.75) is 45.0 Å². The smallest absolute Gasteiger partial charge is 0.381 e. The molecule has 0 saturated carbocycles. The quantitative estimate of drug-likeness (QED) is 0.700. The highest BCUT2D eigenvalue weighted by atomic mass is 19.3. The molecule has 1 saturated heterocycles. The van der Waals surface area contributed by atoms with E-state index in [9.17, 15) is 13.6 Å². The Kier molecular flexibility index (Phi) is 4.61. The molecule has 1 aliphatic heterocycles. The third-order valence-corrected chi connectivity index (χ3v) is 2.27. The number of carbonyl (C=O) groups is 1. The van der Waals surface area contributed by atoms with Crippen LogP contribution in [0.3, 0.4) is 0 Å². The molecule has 0 bridgehead atoms. The van der Waals surface area contributed by atoms with Crippen LogP contribution in [-0.2, 0) is 19.0 Å². The molecule has 0 amide bonds. The Bertz CT molecular complexity index is 245. The molecule has 2 atom stereocenters. The normalized spacial score (nSPS) is 26.1. The highest BCUT2D eigenvalue weighted by Crippen LogP contribution is 2.31. The van der Waals surface area contributed by atoms with E-state index in [1.165, 1.54) is 6.92 Å². The number of halogens is 2. The molecule has 0 aromatic heterocycles. The monoisotopic (exact) mass is 238 g/mol. The topological polar surface area (TPSA) is 44.8 Å². The predicted octanol–water partition coefficient (Wildman–Crippen LogP) is 1.73. The zero-order chi connectivity index (χ0) is 12.2. The third-order valence-electron chi connectivity index (χ3n) is 2.27. The second kappa shape index (κ2) is 5.54. The van der Waals surface area contributed by atoms with Gasteiger partial charge in [0, 0.05) is 0 Å². The van der Waals surface area contributed by atoms with Gasteiger partial charge in [0.05, 0.1) is 13.2 Å². The summed E-state index contributed by atoms with van der Waals surface area (Å²) in [5.74, 6) is -0.635. The Morgan fingerprint density at radius 2 is 2.31 bits per heavy atom. The van der Waals surface area contributed by atoms with Crippen LogP contribution in [0, 0.1) is 0 Å². The fraction of sp³-hybridized carbons (Fsp3) is 0.900. The van der Waals surface area contributed by atoms with Crippen molar-refractivity contribution in [3.05, 3.63) is 0 Å². The third kappa shape index (κ3) is 3.38.